The summed E-state index contributed by atoms with van der Waals surface area (Å²) in [5.41, 5.74) is 1.68. The number of allylic oxidation sites excluding steroid dienone is 6. The molecule has 0 spiro atoms. The summed E-state index contributed by atoms with van der Waals surface area (Å²) in [4.78, 5) is 60.7. The Morgan fingerprint density at radius 2 is 0.985 bits per heavy atom. The summed E-state index contributed by atoms with van der Waals surface area (Å²) in [6.45, 7) is -0.337. The standard InChI is InChI=1S/C53H26N4O6S3/c54-23-31(24-55)43-35-15-7-9-17-37(35)46(58)39(43)19-33-21-41-48(64-33)50-45(53(41,51(60)62-27-29-11-3-1-4-12-29)52(61)63-28-30-13-5-2-6-14-30)49-42(66-50)22-34(65-49)20-40-44(32(25-56)26-57)36-16-8-10-18-38(36)47(40)59/h1-22H,27-28H2/b39-19-,40-20-. The molecule has 0 fully saturated rings. The Kier molecular flexibility index (Phi) is 10.4. The van der Waals surface area contributed by atoms with E-state index in [4.69, 9.17) is 9.47 Å². The van der Waals surface area contributed by atoms with Crippen LogP contribution in [0.15, 0.2) is 144 Å². The predicted molar refractivity (Wildman–Crippen MR) is 250 cm³/mol. The van der Waals surface area contributed by atoms with E-state index in [0.29, 0.717) is 67.9 Å². The van der Waals surface area contributed by atoms with Crippen LogP contribution >= 0.6 is 34.0 Å². The van der Waals surface area contributed by atoms with Crippen molar-refractivity contribution in [2.45, 2.75) is 18.6 Å². The van der Waals surface area contributed by atoms with Gasteiger partial charge in [-0.2, -0.15) is 21.0 Å². The fraction of sp³-hybridized carbons (Fsp3) is 0.0566. The van der Waals surface area contributed by atoms with Crippen LogP contribution in [0.3, 0.4) is 0 Å². The summed E-state index contributed by atoms with van der Waals surface area (Å²) in [5.74, 6) is -2.52. The van der Waals surface area contributed by atoms with Crippen molar-refractivity contribution in [2.75, 3.05) is 0 Å². The van der Waals surface area contributed by atoms with E-state index in [1.807, 2.05) is 42.5 Å². The van der Waals surface area contributed by atoms with E-state index in [1.165, 1.54) is 34.0 Å². The first-order valence-corrected chi connectivity index (χ1v) is 22.6. The number of hydrogen-bond donors (Lipinski definition) is 0. The molecule has 66 heavy (non-hydrogen) atoms. The highest BCUT2D eigenvalue weighted by molar-refractivity contribution is 7.32. The van der Waals surface area contributed by atoms with Crippen LogP contribution in [0, 0.1) is 45.3 Å². The van der Waals surface area contributed by atoms with Crippen LogP contribution < -0.4 is 0 Å². The maximum atomic E-state index is 15.3. The van der Waals surface area contributed by atoms with Crippen molar-refractivity contribution in [3.05, 3.63) is 198 Å². The van der Waals surface area contributed by atoms with Crippen molar-refractivity contribution in [1.82, 2.24) is 0 Å². The molecule has 10 rings (SSSR count). The lowest BCUT2D eigenvalue weighted by molar-refractivity contribution is -0.164. The molecular formula is C53H26N4O6S3. The van der Waals surface area contributed by atoms with E-state index in [1.54, 1.807) is 115 Å². The molecular weight excluding hydrogens is 885 g/mol. The molecule has 7 aromatic rings. The number of fused-ring (bicyclic) bond motifs is 7. The van der Waals surface area contributed by atoms with Gasteiger partial charge < -0.3 is 9.47 Å². The second-order valence-corrected chi connectivity index (χ2v) is 18.4. The Labute approximate surface area is 388 Å². The SMILES string of the molecule is N#CC(C#N)=C1/C(=C/c2cc3c(s2)-c2sc4cc(/C=C5\C(=O)c6ccccc6C5=C(C#N)C#N)sc4c2C3(C(=O)OCc2ccccc2)C(=O)OCc2ccccc2)C(=O)c2ccccc21. The van der Waals surface area contributed by atoms with Gasteiger partial charge in [0.05, 0.1) is 14.5 Å². The van der Waals surface area contributed by atoms with Gasteiger partial charge in [-0.05, 0) is 46.5 Å². The number of hydrogen-bond acceptors (Lipinski definition) is 13. The molecule has 0 aliphatic heterocycles. The molecule has 0 atom stereocenters. The molecule has 0 unspecified atom stereocenters. The van der Waals surface area contributed by atoms with Crippen LogP contribution in [0.4, 0.5) is 0 Å². The zero-order chi connectivity index (χ0) is 45.7. The van der Waals surface area contributed by atoms with Crippen molar-refractivity contribution < 1.29 is 28.7 Å². The van der Waals surface area contributed by atoms with Gasteiger partial charge in [0.25, 0.3) is 0 Å². The Morgan fingerprint density at radius 1 is 0.545 bits per heavy atom. The van der Waals surface area contributed by atoms with E-state index >= 15 is 9.59 Å². The Balaban J connectivity index is 1.18. The molecule has 4 aromatic carbocycles. The molecule has 0 saturated heterocycles. The molecule has 10 nitrogen and oxygen atoms in total. The first kappa shape index (κ1) is 41.5. The normalized spacial score (nSPS) is 15.0. The molecule has 3 aliphatic rings. The van der Waals surface area contributed by atoms with Gasteiger partial charge in [0.1, 0.15) is 48.6 Å². The van der Waals surface area contributed by atoms with Gasteiger partial charge in [0.15, 0.2) is 11.6 Å². The summed E-state index contributed by atoms with van der Waals surface area (Å²) in [5, 5.41) is 39.9. The Morgan fingerprint density at radius 3 is 1.45 bits per heavy atom. The van der Waals surface area contributed by atoms with Crippen molar-refractivity contribution in [3.63, 3.8) is 0 Å². The van der Waals surface area contributed by atoms with E-state index in [2.05, 4.69) is 0 Å². The monoisotopic (exact) mass is 910 g/mol. The molecule has 0 radical (unpaired) electrons. The highest BCUT2D eigenvalue weighted by Gasteiger charge is 2.61. The molecule has 3 aromatic heterocycles. The molecule has 13 heteroatoms. The lowest BCUT2D eigenvalue weighted by atomic mass is 9.79. The first-order valence-electron chi connectivity index (χ1n) is 20.2. The fourth-order valence-electron chi connectivity index (χ4n) is 8.69. The number of carbonyl (C=O) groups is 4. The summed E-state index contributed by atoms with van der Waals surface area (Å²) < 4.78 is 13.5. The number of ether oxygens (including phenoxy) is 2. The summed E-state index contributed by atoms with van der Waals surface area (Å²) in [6, 6.07) is 42.9. The average Bonchev–Trinajstić information content (AvgIpc) is 4.18. The number of ketones is 2. The number of nitriles is 4. The van der Waals surface area contributed by atoms with E-state index < -0.39 is 17.4 Å². The third kappa shape index (κ3) is 6.46. The minimum Gasteiger partial charge on any atom is -0.459 e. The second-order valence-electron chi connectivity index (χ2n) is 15.2. The highest BCUT2D eigenvalue weighted by Crippen LogP contribution is 2.61. The highest BCUT2D eigenvalue weighted by atomic mass is 32.1. The largest absolute Gasteiger partial charge is 0.459 e. The summed E-state index contributed by atoms with van der Waals surface area (Å²) >= 11 is 3.80. The number of rotatable bonds is 8. The zero-order valence-corrected chi connectivity index (χ0v) is 36.5. The van der Waals surface area contributed by atoms with Crippen molar-refractivity contribution in [2.24, 2.45) is 0 Å². The second kappa shape index (κ2) is 16.5. The first-order chi connectivity index (χ1) is 32.2. The number of nitrogens with zero attached hydrogens (tertiary/aromatic N) is 4. The lowest BCUT2D eigenvalue weighted by Gasteiger charge is -2.26. The van der Waals surface area contributed by atoms with Gasteiger partial charge in [-0.25, -0.2) is 0 Å². The van der Waals surface area contributed by atoms with Gasteiger partial charge >= 0.3 is 11.9 Å². The predicted octanol–water partition coefficient (Wildman–Crippen LogP) is 10.9. The van der Waals surface area contributed by atoms with Crippen LogP contribution in [-0.2, 0) is 37.7 Å². The van der Waals surface area contributed by atoms with Crippen LogP contribution in [0.25, 0.3) is 42.5 Å². The third-order valence-electron chi connectivity index (χ3n) is 11.6. The minimum atomic E-state index is -2.19. The number of benzene rings is 4. The van der Waals surface area contributed by atoms with Crippen LogP contribution in [0.5, 0.6) is 0 Å². The number of esters is 2. The molecule has 312 valence electrons. The fourth-order valence-corrected chi connectivity index (χ4v) is 12.7. The third-order valence-corrected chi connectivity index (χ3v) is 15.2. The summed E-state index contributed by atoms with van der Waals surface area (Å²) in [6.07, 6.45) is 3.22. The summed E-state index contributed by atoms with van der Waals surface area (Å²) in [7, 11) is 0. The Hall–Kier alpha value is -8.56. The van der Waals surface area contributed by atoms with Crippen molar-refractivity contribution >= 4 is 90.2 Å². The number of thiophene rings is 3. The Bertz CT molecular complexity index is 3530. The van der Waals surface area contributed by atoms with Crippen LogP contribution in [0.1, 0.15) is 63.9 Å². The number of Topliss-reactive ketones (excluding diaryl/α,β-unsaturated/α-hetero) is 2. The molecule has 0 N–H and O–H groups in total. The van der Waals surface area contributed by atoms with E-state index in [0.717, 1.165) is 0 Å². The van der Waals surface area contributed by atoms with Gasteiger partial charge in [0, 0.05) is 59.0 Å². The smallest absolute Gasteiger partial charge is 0.333 e. The topological polar surface area (TPSA) is 182 Å². The van der Waals surface area contributed by atoms with E-state index in [-0.39, 0.29) is 63.8 Å². The zero-order valence-electron chi connectivity index (χ0n) is 34.1. The molecule has 0 amide bonds. The maximum Gasteiger partial charge on any atom is 0.333 e. The van der Waals surface area contributed by atoms with Gasteiger partial charge in [-0.15, -0.1) is 34.0 Å². The van der Waals surface area contributed by atoms with Crippen molar-refractivity contribution in [1.29, 1.82) is 21.0 Å². The molecule has 0 saturated carbocycles. The maximum absolute atomic E-state index is 15.3. The van der Waals surface area contributed by atoms with Gasteiger partial charge in [-0.1, -0.05) is 109 Å². The van der Waals surface area contributed by atoms with Crippen molar-refractivity contribution in [3.8, 4) is 34.0 Å². The molecule has 3 aliphatic carbocycles. The van der Waals surface area contributed by atoms with Gasteiger partial charge in [0.2, 0.25) is 5.41 Å². The molecule has 3 heterocycles. The van der Waals surface area contributed by atoms with Crippen LogP contribution in [-0.4, -0.2) is 23.5 Å². The quantitative estimate of drug-likeness (QED) is 0.0615. The van der Waals surface area contributed by atoms with E-state index in [9.17, 15) is 30.6 Å². The minimum absolute atomic E-state index is 0.121. The van der Waals surface area contributed by atoms with Gasteiger partial charge in [-0.3, -0.25) is 19.2 Å². The van der Waals surface area contributed by atoms with Crippen LogP contribution in [0.2, 0.25) is 0 Å². The number of carbonyl (C=O) groups excluding carboxylic acids is 4. The lowest BCUT2D eigenvalue weighted by Crippen LogP contribution is -2.45. The molecule has 0 bridgehead atoms. The average molecular weight is 911 g/mol.